The van der Waals surface area contributed by atoms with Crippen LogP contribution in [0.2, 0.25) is 5.02 Å². The Morgan fingerprint density at radius 3 is 2.81 bits per heavy atom. The minimum absolute atomic E-state index is 0.0651. The molecule has 0 amide bonds. The van der Waals surface area contributed by atoms with Crippen molar-refractivity contribution in [2.45, 2.75) is 57.2 Å². The molecule has 4 atom stereocenters. The topological polar surface area (TPSA) is 55.2 Å². The average molecular weight is 376 g/mol. The average Bonchev–Trinajstić information content (AvgIpc) is 3.16. The fraction of sp³-hybridized carbons (Fsp3) is 0.579. The van der Waals surface area contributed by atoms with Crippen LogP contribution in [-0.2, 0) is 4.74 Å². The Morgan fingerprint density at radius 1 is 1.35 bits per heavy atom. The lowest BCUT2D eigenvalue weighted by Crippen LogP contribution is -2.76. The van der Waals surface area contributed by atoms with E-state index in [4.69, 9.17) is 16.3 Å². The normalized spacial score (nSPS) is 29.2. The van der Waals surface area contributed by atoms with E-state index < -0.39 is 0 Å². The lowest BCUT2D eigenvalue weighted by Gasteiger charge is -2.65. The summed E-state index contributed by atoms with van der Waals surface area (Å²) in [7, 11) is 1.83. The molecule has 4 unspecified atom stereocenters. The number of anilines is 1. The quantitative estimate of drug-likeness (QED) is 0.829. The van der Waals surface area contributed by atoms with Crippen LogP contribution in [0.3, 0.4) is 0 Å². The number of halogens is 1. The van der Waals surface area contributed by atoms with Gasteiger partial charge in [-0.05, 0) is 49.8 Å². The van der Waals surface area contributed by atoms with Gasteiger partial charge in [0.1, 0.15) is 5.69 Å². The zero-order chi connectivity index (χ0) is 18.3. The largest absolute Gasteiger partial charge is 0.379 e. The summed E-state index contributed by atoms with van der Waals surface area (Å²) in [5, 5.41) is 11.4. The highest BCUT2D eigenvalue weighted by atomic mass is 35.5. The number of rotatable bonds is 6. The maximum Gasteiger partial charge on any atom is 0.106 e. The van der Waals surface area contributed by atoms with E-state index in [-0.39, 0.29) is 11.6 Å². The summed E-state index contributed by atoms with van der Waals surface area (Å²) in [5.41, 5.74) is 5.48. The van der Waals surface area contributed by atoms with Gasteiger partial charge in [0.15, 0.2) is 0 Å². The molecule has 1 N–H and O–H groups in total. The van der Waals surface area contributed by atoms with Gasteiger partial charge in [0.05, 0.1) is 34.7 Å². The number of ether oxygens (including phenoxy) is 1. The molecule has 2 aliphatic rings. The van der Waals surface area contributed by atoms with Crippen molar-refractivity contribution in [2.75, 3.05) is 12.5 Å². The molecule has 6 nitrogen and oxygen atoms in total. The molecule has 2 fully saturated rings. The second-order valence-electron chi connectivity index (χ2n) is 7.61. The second kappa shape index (κ2) is 6.83. The van der Waals surface area contributed by atoms with Crippen LogP contribution in [0.4, 0.5) is 5.69 Å². The van der Waals surface area contributed by atoms with Crippen molar-refractivity contribution in [2.24, 2.45) is 5.92 Å². The number of hydrogen-bond acceptors (Lipinski definition) is 5. The smallest absolute Gasteiger partial charge is 0.106 e. The van der Waals surface area contributed by atoms with E-state index in [1.807, 2.05) is 25.3 Å². The highest BCUT2D eigenvalue weighted by Gasteiger charge is 2.60. The van der Waals surface area contributed by atoms with E-state index in [9.17, 15) is 0 Å². The van der Waals surface area contributed by atoms with Gasteiger partial charge in [-0.1, -0.05) is 25.4 Å². The summed E-state index contributed by atoms with van der Waals surface area (Å²) in [4.78, 5) is 1.55. The van der Waals surface area contributed by atoms with Crippen molar-refractivity contribution in [1.29, 1.82) is 0 Å². The SMILES string of the molecule is CCC(OC)C12CC(C)CC(C1)N2Nc1ccc(Cl)c(-n2nccn2)c1. The number of fused-ring (bicyclic) bond motifs is 2. The number of nitrogens with one attached hydrogen (secondary N) is 1. The maximum atomic E-state index is 6.35. The molecule has 2 bridgehead atoms. The Balaban J connectivity index is 1.61. The van der Waals surface area contributed by atoms with Crippen LogP contribution >= 0.6 is 11.6 Å². The van der Waals surface area contributed by atoms with Gasteiger partial charge in [0.25, 0.3) is 0 Å². The van der Waals surface area contributed by atoms with E-state index >= 15 is 0 Å². The van der Waals surface area contributed by atoms with Gasteiger partial charge in [-0.2, -0.15) is 15.0 Å². The molecule has 1 saturated heterocycles. The fourth-order valence-corrected chi connectivity index (χ4v) is 5.16. The van der Waals surface area contributed by atoms with Crippen LogP contribution in [0.1, 0.15) is 39.5 Å². The summed E-state index contributed by atoms with van der Waals surface area (Å²) in [5.74, 6) is 0.727. The third kappa shape index (κ3) is 2.80. The first-order chi connectivity index (χ1) is 12.6. The molecule has 0 radical (unpaired) electrons. The minimum atomic E-state index is 0.0651. The van der Waals surface area contributed by atoms with Crippen molar-refractivity contribution >= 4 is 17.3 Å². The zero-order valence-corrected chi connectivity index (χ0v) is 16.3. The van der Waals surface area contributed by atoms with Gasteiger partial charge in [0, 0.05) is 13.2 Å². The van der Waals surface area contributed by atoms with Gasteiger partial charge in [0.2, 0.25) is 0 Å². The monoisotopic (exact) mass is 375 g/mol. The Kier molecular flexibility index (Phi) is 4.67. The van der Waals surface area contributed by atoms with Gasteiger partial charge in [-0.15, -0.1) is 0 Å². The molecule has 1 aliphatic heterocycles. The number of nitrogens with zero attached hydrogens (tertiary/aromatic N) is 4. The van der Waals surface area contributed by atoms with Crippen molar-refractivity contribution in [3.05, 3.63) is 35.6 Å². The molecular formula is C19H26ClN5O. The molecule has 140 valence electrons. The number of aromatic nitrogens is 3. The number of hydrogen-bond donors (Lipinski definition) is 1. The predicted molar refractivity (Wildman–Crippen MR) is 102 cm³/mol. The molecule has 7 heteroatoms. The molecule has 1 aromatic heterocycles. The number of piperidine rings is 1. The first-order valence-electron chi connectivity index (χ1n) is 9.32. The van der Waals surface area contributed by atoms with Crippen LogP contribution in [-0.4, -0.2) is 44.8 Å². The van der Waals surface area contributed by atoms with Gasteiger partial charge in [-0.25, -0.2) is 5.01 Å². The van der Waals surface area contributed by atoms with Crippen LogP contribution in [0.25, 0.3) is 5.69 Å². The Labute approximate surface area is 159 Å². The molecule has 1 aliphatic carbocycles. The standard InChI is InChI=1S/C19H26ClN5O/c1-4-18(26-3)19-11-13(2)9-15(12-19)24(19)23-14-5-6-16(20)17(10-14)25-21-7-8-22-25/h5-8,10,13,15,18,23H,4,9,11-12H2,1-3H3. The van der Waals surface area contributed by atoms with Crippen molar-refractivity contribution in [1.82, 2.24) is 20.0 Å². The highest BCUT2D eigenvalue weighted by Crippen LogP contribution is 2.52. The lowest BCUT2D eigenvalue weighted by atomic mass is 9.62. The van der Waals surface area contributed by atoms with Gasteiger partial charge in [-0.3, -0.25) is 0 Å². The molecule has 0 spiro atoms. The second-order valence-corrected chi connectivity index (χ2v) is 8.01. The van der Waals surface area contributed by atoms with Crippen molar-refractivity contribution < 1.29 is 4.74 Å². The summed E-state index contributed by atoms with van der Waals surface area (Å²) in [6.45, 7) is 4.56. The highest BCUT2D eigenvalue weighted by molar-refractivity contribution is 6.32. The molecule has 1 aromatic carbocycles. The fourth-order valence-electron chi connectivity index (χ4n) is 4.97. The molecule has 4 rings (SSSR count). The summed E-state index contributed by atoms with van der Waals surface area (Å²) < 4.78 is 5.87. The third-order valence-electron chi connectivity index (χ3n) is 5.89. The Hall–Kier alpha value is -1.63. The summed E-state index contributed by atoms with van der Waals surface area (Å²) in [6.07, 6.45) is 8.11. The maximum absolute atomic E-state index is 6.35. The number of benzene rings is 1. The summed E-state index contributed by atoms with van der Waals surface area (Å²) in [6, 6.07) is 6.45. The minimum Gasteiger partial charge on any atom is -0.379 e. The molecule has 2 aromatic rings. The van der Waals surface area contributed by atoms with E-state index in [1.165, 1.54) is 12.8 Å². The van der Waals surface area contributed by atoms with Crippen molar-refractivity contribution in [3.8, 4) is 5.69 Å². The van der Waals surface area contributed by atoms with E-state index in [0.29, 0.717) is 11.1 Å². The number of hydrazine groups is 1. The zero-order valence-electron chi connectivity index (χ0n) is 15.5. The van der Waals surface area contributed by atoms with Crippen molar-refractivity contribution in [3.63, 3.8) is 0 Å². The van der Waals surface area contributed by atoms with Crippen LogP contribution < -0.4 is 5.43 Å². The van der Waals surface area contributed by atoms with Crippen LogP contribution in [0.5, 0.6) is 0 Å². The first-order valence-corrected chi connectivity index (χ1v) is 9.70. The molecule has 1 saturated carbocycles. The molecule has 26 heavy (non-hydrogen) atoms. The predicted octanol–water partition coefficient (Wildman–Crippen LogP) is 3.92. The van der Waals surface area contributed by atoms with E-state index in [1.54, 1.807) is 17.2 Å². The van der Waals surface area contributed by atoms with Crippen LogP contribution in [0, 0.1) is 5.92 Å². The Morgan fingerprint density at radius 2 is 2.12 bits per heavy atom. The van der Waals surface area contributed by atoms with E-state index in [2.05, 4.69) is 34.5 Å². The van der Waals surface area contributed by atoms with Gasteiger partial charge < -0.3 is 10.2 Å². The third-order valence-corrected chi connectivity index (χ3v) is 6.21. The van der Waals surface area contributed by atoms with E-state index in [0.717, 1.165) is 30.1 Å². The summed E-state index contributed by atoms with van der Waals surface area (Å²) >= 11 is 6.35. The van der Waals surface area contributed by atoms with Crippen LogP contribution in [0.15, 0.2) is 30.6 Å². The number of methoxy groups -OCH3 is 1. The molecular weight excluding hydrogens is 350 g/mol. The van der Waals surface area contributed by atoms with Gasteiger partial charge >= 0.3 is 0 Å². The Bertz CT molecular complexity index is 763. The molecule has 2 heterocycles. The first kappa shape index (κ1) is 17.8. The lowest BCUT2D eigenvalue weighted by molar-refractivity contribution is -0.179.